The normalized spacial score (nSPS) is 13.6. The summed E-state index contributed by atoms with van der Waals surface area (Å²) in [4.78, 5) is 18.6. The first-order chi connectivity index (χ1) is 12.2. The first-order valence-corrected chi connectivity index (χ1v) is 8.64. The molecule has 4 heteroatoms. The molecule has 0 amide bonds. The van der Waals surface area contributed by atoms with Crippen molar-refractivity contribution in [2.45, 2.75) is 19.4 Å². The third-order valence-corrected chi connectivity index (χ3v) is 4.81. The lowest BCUT2D eigenvalue weighted by molar-refractivity contribution is 0.744. The van der Waals surface area contributed by atoms with E-state index in [9.17, 15) is 4.79 Å². The molecule has 3 aromatic rings. The molecule has 126 valence electrons. The van der Waals surface area contributed by atoms with Crippen LogP contribution in [0.5, 0.6) is 0 Å². The Labute approximate surface area is 147 Å². The molecule has 4 nitrogen and oxygen atoms in total. The Morgan fingerprint density at radius 2 is 2.00 bits per heavy atom. The molecule has 0 atom stereocenters. The fraction of sp³-hybridized carbons (Fsp3) is 0.238. The zero-order chi connectivity index (χ0) is 17.2. The molecule has 1 aliphatic heterocycles. The van der Waals surface area contributed by atoms with Crippen molar-refractivity contribution in [2.24, 2.45) is 0 Å². The van der Waals surface area contributed by atoms with Crippen molar-refractivity contribution in [1.82, 2.24) is 9.55 Å². The molecule has 0 N–H and O–H groups in total. The van der Waals surface area contributed by atoms with Crippen molar-refractivity contribution in [2.75, 3.05) is 18.5 Å². The average molecular weight is 331 g/mol. The van der Waals surface area contributed by atoms with Gasteiger partial charge in [0.2, 0.25) is 0 Å². The van der Waals surface area contributed by atoms with Gasteiger partial charge in [-0.3, -0.25) is 9.78 Å². The summed E-state index contributed by atoms with van der Waals surface area (Å²) in [7, 11) is 2.15. The quantitative estimate of drug-likeness (QED) is 0.739. The molecule has 1 aliphatic rings. The van der Waals surface area contributed by atoms with Crippen LogP contribution in [0.1, 0.15) is 17.5 Å². The second kappa shape index (κ2) is 6.55. The number of hydrogen-bond donors (Lipinski definition) is 0. The van der Waals surface area contributed by atoms with E-state index in [0.717, 1.165) is 24.1 Å². The second-order valence-corrected chi connectivity index (χ2v) is 6.62. The lowest BCUT2D eigenvalue weighted by atomic mass is 9.96. The fourth-order valence-electron chi connectivity index (χ4n) is 3.48. The van der Waals surface area contributed by atoms with Crippen molar-refractivity contribution >= 4 is 5.69 Å². The maximum Gasteiger partial charge on any atom is 0.250 e. The van der Waals surface area contributed by atoms with Gasteiger partial charge in [0.15, 0.2) is 0 Å². The first-order valence-electron chi connectivity index (χ1n) is 8.64. The number of fused-ring (bicyclic) bond motifs is 1. The maximum absolute atomic E-state index is 11.9. The molecule has 2 aromatic heterocycles. The van der Waals surface area contributed by atoms with Crippen molar-refractivity contribution < 1.29 is 0 Å². The highest BCUT2D eigenvalue weighted by atomic mass is 16.1. The highest BCUT2D eigenvalue weighted by Gasteiger charge is 2.14. The SMILES string of the molecule is CN1CCCc2cc(-c3cncc(Cn4ccccc4=O)c3)ccc21. The summed E-state index contributed by atoms with van der Waals surface area (Å²) in [5.41, 5.74) is 6.04. The van der Waals surface area contributed by atoms with Gasteiger partial charge in [-0.1, -0.05) is 12.1 Å². The third-order valence-electron chi connectivity index (χ3n) is 4.81. The number of nitrogens with zero attached hydrogens (tertiary/aromatic N) is 3. The van der Waals surface area contributed by atoms with Crippen LogP contribution in [0.15, 0.2) is 65.8 Å². The van der Waals surface area contributed by atoms with E-state index in [-0.39, 0.29) is 5.56 Å². The predicted molar refractivity (Wildman–Crippen MR) is 101 cm³/mol. The molecule has 0 radical (unpaired) electrons. The molecule has 25 heavy (non-hydrogen) atoms. The topological polar surface area (TPSA) is 38.1 Å². The van der Waals surface area contributed by atoms with Gasteiger partial charge in [0.1, 0.15) is 0 Å². The van der Waals surface area contributed by atoms with Crippen molar-refractivity contribution in [1.29, 1.82) is 0 Å². The molecule has 0 unspecified atom stereocenters. The van der Waals surface area contributed by atoms with Crippen molar-refractivity contribution in [3.05, 3.63) is 82.5 Å². The number of benzene rings is 1. The minimum atomic E-state index is 0.00437. The van der Waals surface area contributed by atoms with Crippen LogP contribution in [0.25, 0.3) is 11.1 Å². The van der Waals surface area contributed by atoms with Crippen LogP contribution < -0.4 is 10.5 Å². The first kappa shape index (κ1) is 15.6. The summed E-state index contributed by atoms with van der Waals surface area (Å²) < 4.78 is 1.70. The lowest BCUT2D eigenvalue weighted by Gasteiger charge is -2.27. The van der Waals surface area contributed by atoms with Crippen LogP contribution in [0.3, 0.4) is 0 Å². The highest BCUT2D eigenvalue weighted by molar-refractivity contribution is 5.69. The van der Waals surface area contributed by atoms with Gasteiger partial charge >= 0.3 is 0 Å². The van der Waals surface area contributed by atoms with Crippen molar-refractivity contribution in [3.8, 4) is 11.1 Å². The monoisotopic (exact) mass is 331 g/mol. The molecule has 0 aliphatic carbocycles. The summed E-state index contributed by atoms with van der Waals surface area (Å²) in [5.74, 6) is 0. The van der Waals surface area contributed by atoms with Gasteiger partial charge in [0.05, 0.1) is 6.54 Å². The molecule has 3 heterocycles. The molecule has 0 spiro atoms. The minimum absolute atomic E-state index is 0.00437. The Kier molecular flexibility index (Phi) is 4.10. The van der Waals surface area contributed by atoms with Gasteiger partial charge in [-0.2, -0.15) is 0 Å². The summed E-state index contributed by atoms with van der Waals surface area (Å²) in [6, 6.07) is 14.0. The fourth-order valence-corrected chi connectivity index (χ4v) is 3.48. The van der Waals surface area contributed by atoms with E-state index in [1.54, 1.807) is 16.7 Å². The summed E-state index contributed by atoms with van der Waals surface area (Å²) in [5, 5.41) is 0. The number of pyridine rings is 2. The van der Waals surface area contributed by atoms with E-state index >= 15 is 0 Å². The molecule has 0 bridgehead atoms. The predicted octanol–water partition coefficient (Wildman–Crippen LogP) is 3.34. The largest absolute Gasteiger partial charge is 0.374 e. The molecular formula is C21H21N3O. The van der Waals surface area contributed by atoms with E-state index in [0.29, 0.717) is 6.54 Å². The smallest absolute Gasteiger partial charge is 0.250 e. The van der Waals surface area contributed by atoms with E-state index < -0.39 is 0 Å². The third kappa shape index (κ3) is 3.20. The summed E-state index contributed by atoms with van der Waals surface area (Å²) in [6.07, 6.45) is 7.85. The Balaban J connectivity index is 1.66. The van der Waals surface area contributed by atoms with Crippen molar-refractivity contribution in [3.63, 3.8) is 0 Å². The standard InChI is InChI=1S/C21H21N3O/c1-23-9-4-5-18-12-17(7-8-20(18)23)19-11-16(13-22-14-19)15-24-10-3-2-6-21(24)25/h2-3,6-8,10-14H,4-5,9,15H2,1H3. The Morgan fingerprint density at radius 1 is 1.08 bits per heavy atom. The number of hydrogen-bond acceptors (Lipinski definition) is 3. The number of aryl methyl sites for hydroxylation is 1. The van der Waals surface area contributed by atoms with E-state index in [1.807, 2.05) is 24.7 Å². The molecule has 0 saturated heterocycles. The maximum atomic E-state index is 11.9. The molecular weight excluding hydrogens is 310 g/mol. The second-order valence-electron chi connectivity index (χ2n) is 6.62. The number of anilines is 1. The van der Waals surface area contributed by atoms with Crippen LogP contribution in [-0.4, -0.2) is 23.1 Å². The summed E-state index contributed by atoms with van der Waals surface area (Å²) in [6.45, 7) is 1.66. The number of rotatable bonds is 3. The van der Waals surface area contributed by atoms with Crippen LogP contribution in [0.4, 0.5) is 5.69 Å². The average Bonchev–Trinajstić information content (AvgIpc) is 2.64. The minimum Gasteiger partial charge on any atom is -0.374 e. The zero-order valence-corrected chi connectivity index (χ0v) is 14.4. The molecule has 1 aromatic carbocycles. The van der Waals surface area contributed by atoms with Gasteiger partial charge in [-0.15, -0.1) is 0 Å². The Hall–Kier alpha value is -2.88. The Bertz CT molecular complexity index is 961. The zero-order valence-electron chi connectivity index (χ0n) is 14.4. The molecule has 0 fully saturated rings. The highest BCUT2D eigenvalue weighted by Crippen LogP contribution is 2.30. The van der Waals surface area contributed by atoms with Gasteiger partial charge < -0.3 is 9.47 Å². The van der Waals surface area contributed by atoms with Gasteiger partial charge in [-0.05, 0) is 53.8 Å². The van der Waals surface area contributed by atoms with Crippen LogP contribution >= 0.6 is 0 Å². The van der Waals surface area contributed by atoms with Gasteiger partial charge in [0, 0.05) is 49.5 Å². The molecule has 0 saturated carbocycles. The summed E-state index contributed by atoms with van der Waals surface area (Å²) >= 11 is 0. The lowest BCUT2D eigenvalue weighted by Crippen LogP contribution is -2.24. The Morgan fingerprint density at radius 3 is 2.88 bits per heavy atom. The molecule has 4 rings (SSSR count). The van der Waals surface area contributed by atoms with Gasteiger partial charge in [-0.25, -0.2) is 0 Å². The van der Waals surface area contributed by atoms with E-state index in [4.69, 9.17) is 0 Å². The van der Waals surface area contributed by atoms with Gasteiger partial charge in [0.25, 0.3) is 5.56 Å². The van der Waals surface area contributed by atoms with Crippen LogP contribution in [0.2, 0.25) is 0 Å². The number of aromatic nitrogens is 2. The van der Waals surface area contributed by atoms with E-state index in [2.05, 4.69) is 41.2 Å². The van der Waals surface area contributed by atoms with E-state index in [1.165, 1.54) is 23.2 Å². The van der Waals surface area contributed by atoms with Crippen LogP contribution in [0, 0.1) is 0 Å². The van der Waals surface area contributed by atoms with Crippen LogP contribution in [-0.2, 0) is 13.0 Å².